The lowest BCUT2D eigenvalue weighted by Gasteiger charge is -2.06. The molecule has 0 radical (unpaired) electrons. The van der Waals surface area contributed by atoms with Crippen molar-refractivity contribution in [2.45, 2.75) is 58.7 Å². The molecule has 1 aromatic rings. The predicted octanol–water partition coefficient (Wildman–Crippen LogP) is 4.23. The minimum absolute atomic E-state index is 0.498. The van der Waals surface area contributed by atoms with Crippen molar-refractivity contribution in [2.24, 2.45) is 5.92 Å². The van der Waals surface area contributed by atoms with Crippen molar-refractivity contribution in [3.8, 4) is 0 Å². The highest BCUT2D eigenvalue weighted by molar-refractivity contribution is 7.12. The van der Waals surface area contributed by atoms with E-state index in [1.165, 1.54) is 22.6 Å². The fraction of sp³-hybridized carbons (Fsp3) is 0.714. The van der Waals surface area contributed by atoms with Crippen LogP contribution in [0.2, 0.25) is 0 Å². The molecule has 16 heavy (non-hydrogen) atoms. The van der Waals surface area contributed by atoms with Gasteiger partial charge in [-0.3, -0.25) is 0 Å². The Morgan fingerprint density at radius 2 is 2.00 bits per heavy atom. The van der Waals surface area contributed by atoms with Gasteiger partial charge in [-0.05, 0) is 43.7 Å². The molecule has 1 aliphatic heterocycles. The van der Waals surface area contributed by atoms with Crippen LogP contribution >= 0.6 is 11.3 Å². The molecule has 90 valence electrons. The Morgan fingerprint density at radius 1 is 1.31 bits per heavy atom. The summed E-state index contributed by atoms with van der Waals surface area (Å²) in [5.41, 5.74) is 0. The third-order valence-corrected chi connectivity index (χ3v) is 4.54. The van der Waals surface area contributed by atoms with Gasteiger partial charge in [-0.25, -0.2) is 0 Å². The zero-order chi connectivity index (χ0) is 11.7. The summed E-state index contributed by atoms with van der Waals surface area (Å²) in [6.07, 6.45) is 3.42. The molecule has 1 fully saturated rings. The van der Waals surface area contributed by atoms with Gasteiger partial charge in [0.2, 0.25) is 0 Å². The molecule has 0 spiro atoms. The normalized spacial score (nSPS) is 26.1. The molecule has 2 rings (SSSR count). The summed E-state index contributed by atoms with van der Waals surface area (Å²) in [5, 5.41) is 0. The Morgan fingerprint density at radius 3 is 2.56 bits per heavy atom. The zero-order valence-corrected chi connectivity index (χ0v) is 11.5. The molecule has 1 aliphatic rings. The summed E-state index contributed by atoms with van der Waals surface area (Å²) >= 11 is 1.98. The van der Waals surface area contributed by atoms with Crippen molar-refractivity contribution in [3.63, 3.8) is 0 Å². The molecular formula is C14H22OS. The number of rotatable bonds is 5. The van der Waals surface area contributed by atoms with E-state index in [-0.39, 0.29) is 0 Å². The first-order valence-corrected chi connectivity index (χ1v) is 7.12. The third kappa shape index (κ3) is 3.08. The Balaban J connectivity index is 1.90. The lowest BCUT2D eigenvalue weighted by molar-refractivity contribution is 0.363. The zero-order valence-electron chi connectivity index (χ0n) is 10.7. The van der Waals surface area contributed by atoms with Crippen LogP contribution in [0.15, 0.2) is 12.1 Å². The number of thiophene rings is 1. The summed E-state index contributed by atoms with van der Waals surface area (Å²) in [6, 6.07) is 4.60. The monoisotopic (exact) mass is 238 g/mol. The van der Waals surface area contributed by atoms with E-state index in [1.54, 1.807) is 0 Å². The molecule has 3 unspecified atom stereocenters. The van der Waals surface area contributed by atoms with Gasteiger partial charge < -0.3 is 4.74 Å². The first-order chi connectivity index (χ1) is 7.56. The SMILES string of the molecule is CC(C)Cc1ccc(C(C)CC2OC2C)s1. The summed E-state index contributed by atoms with van der Waals surface area (Å²) < 4.78 is 5.48. The highest BCUT2D eigenvalue weighted by Gasteiger charge is 2.35. The van der Waals surface area contributed by atoms with E-state index in [1.807, 2.05) is 11.3 Å². The van der Waals surface area contributed by atoms with Gasteiger partial charge in [0.1, 0.15) is 0 Å². The van der Waals surface area contributed by atoms with Crippen LogP contribution in [0, 0.1) is 5.92 Å². The van der Waals surface area contributed by atoms with Crippen LogP contribution in [-0.2, 0) is 11.2 Å². The first-order valence-electron chi connectivity index (χ1n) is 6.30. The molecule has 0 bridgehead atoms. The van der Waals surface area contributed by atoms with Crippen molar-refractivity contribution in [1.29, 1.82) is 0 Å². The number of hydrogen-bond acceptors (Lipinski definition) is 2. The highest BCUT2D eigenvalue weighted by Crippen LogP contribution is 2.35. The van der Waals surface area contributed by atoms with Gasteiger partial charge in [-0.15, -0.1) is 11.3 Å². The van der Waals surface area contributed by atoms with E-state index >= 15 is 0 Å². The van der Waals surface area contributed by atoms with Crippen LogP contribution < -0.4 is 0 Å². The molecule has 1 nitrogen and oxygen atoms in total. The number of epoxide rings is 1. The summed E-state index contributed by atoms with van der Waals surface area (Å²) in [5.74, 6) is 1.41. The Hall–Kier alpha value is -0.340. The maximum Gasteiger partial charge on any atom is 0.0845 e. The molecule has 0 aromatic carbocycles. The maximum absolute atomic E-state index is 5.48. The largest absolute Gasteiger partial charge is 0.370 e. The smallest absolute Gasteiger partial charge is 0.0845 e. The fourth-order valence-electron chi connectivity index (χ4n) is 2.11. The molecule has 1 aromatic heterocycles. The molecule has 0 saturated carbocycles. The standard InChI is InChI=1S/C14H22OS/c1-9(2)7-12-5-6-14(16-12)10(3)8-13-11(4)15-13/h5-6,9-11,13H,7-8H2,1-4H3. The van der Waals surface area contributed by atoms with E-state index in [9.17, 15) is 0 Å². The van der Waals surface area contributed by atoms with Gasteiger partial charge in [0.15, 0.2) is 0 Å². The lowest BCUT2D eigenvalue weighted by Crippen LogP contribution is -1.97. The summed E-state index contributed by atoms with van der Waals surface area (Å²) in [7, 11) is 0. The van der Waals surface area contributed by atoms with Gasteiger partial charge in [0, 0.05) is 9.75 Å². The third-order valence-electron chi connectivity index (χ3n) is 3.20. The second kappa shape index (κ2) is 4.89. The van der Waals surface area contributed by atoms with Crippen LogP contribution in [0.5, 0.6) is 0 Å². The number of hydrogen-bond donors (Lipinski definition) is 0. The van der Waals surface area contributed by atoms with E-state index in [0.717, 1.165) is 5.92 Å². The Kier molecular flexibility index (Phi) is 3.70. The molecule has 0 amide bonds. The van der Waals surface area contributed by atoms with Crippen molar-refractivity contribution >= 4 is 11.3 Å². The molecule has 3 atom stereocenters. The van der Waals surface area contributed by atoms with Crippen molar-refractivity contribution in [2.75, 3.05) is 0 Å². The van der Waals surface area contributed by atoms with E-state index < -0.39 is 0 Å². The quantitative estimate of drug-likeness (QED) is 0.699. The summed E-state index contributed by atoms with van der Waals surface area (Å²) in [6.45, 7) is 9.04. The average Bonchev–Trinajstić information content (AvgIpc) is 2.72. The van der Waals surface area contributed by atoms with Crippen LogP contribution in [0.25, 0.3) is 0 Å². The topological polar surface area (TPSA) is 12.5 Å². The minimum atomic E-state index is 0.498. The molecule has 2 heterocycles. The molecule has 1 saturated heterocycles. The lowest BCUT2D eigenvalue weighted by atomic mass is 10.0. The molecule has 0 aliphatic carbocycles. The average molecular weight is 238 g/mol. The number of ether oxygens (including phenoxy) is 1. The molecular weight excluding hydrogens is 216 g/mol. The van der Waals surface area contributed by atoms with E-state index in [2.05, 4.69) is 39.8 Å². The van der Waals surface area contributed by atoms with Crippen LogP contribution in [0.1, 0.15) is 49.8 Å². The van der Waals surface area contributed by atoms with E-state index in [0.29, 0.717) is 18.1 Å². The predicted molar refractivity (Wildman–Crippen MR) is 70.2 cm³/mol. The van der Waals surface area contributed by atoms with Gasteiger partial charge in [0.25, 0.3) is 0 Å². The minimum Gasteiger partial charge on any atom is -0.370 e. The highest BCUT2D eigenvalue weighted by atomic mass is 32.1. The second-order valence-electron chi connectivity index (χ2n) is 5.42. The molecule has 2 heteroatoms. The van der Waals surface area contributed by atoms with Crippen LogP contribution in [-0.4, -0.2) is 12.2 Å². The summed E-state index contributed by atoms with van der Waals surface area (Å²) in [4.78, 5) is 3.06. The first kappa shape index (κ1) is 12.1. The van der Waals surface area contributed by atoms with Crippen LogP contribution in [0.4, 0.5) is 0 Å². The second-order valence-corrected chi connectivity index (χ2v) is 6.62. The van der Waals surface area contributed by atoms with Gasteiger partial charge in [-0.1, -0.05) is 20.8 Å². The van der Waals surface area contributed by atoms with Crippen molar-refractivity contribution in [3.05, 3.63) is 21.9 Å². The van der Waals surface area contributed by atoms with Crippen molar-refractivity contribution in [1.82, 2.24) is 0 Å². The Bertz CT molecular complexity index is 342. The van der Waals surface area contributed by atoms with Gasteiger partial charge >= 0.3 is 0 Å². The van der Waals surface area contributed by atoms with E-state index in [4.69, 9.17) is 4.74 Å². The fourth-order valence-corrected chi connectivity index (χ4v) is 3.40. The Labute approximate surface area is 103 Å². The van der Waals surface area contributed by atoms with Gasteiger partial charge in [-0.2, -0.15) is 0 Å². The maximum atomic E-state index is 5.48. The van der Waals surface area contributed by atoms with Crippen molar-refractivity contribution < 1.29 is 4.74 Å². The van der Waals surface area contributed by atoms with Gasteiger partial charge in [0.05, 0.1) is 12.2 Å². The van der Waals surface area contributed by atoms with Crippen LogP contribution in [0.3, 0.4) is 0 Å². The molecule has 0 N–H and O–H groups in total.